The van der Waals surface area contributed by atoms with Crippen LogP contribution in [0.4, 0.5) is 0 Å². The van der Waals surface area contributed by atoms with Crippen molar-refractivity contribution in [3.63, 3.8) is 0 Å². The minimum absolute atomic E-state index is 0.0101. The summed E-state index contributed by atoms with van der Waals surface area (Å²) in [5, 5.41) is 8.90. The van der Waals surface area contributed by atoms with E-state index in [0.717, 1.165) is 10.4 Å². The van der Waals surface area contributed by atoms with Gasteiger partial charge in [0.2, 0.25) is 10.0 Å². The van der Waals surface area contributed by atoms with Crippen molar-refractivity contribution < 1.29 is 23.1 Å². The van der Waals surface area contributed by atoms with Crippen LogP contribution >= 0.6 is 11.6 Å². The van der Waals surface area contributed by atoms with Crippen molar-refractivity contribution in [1.29, 1.82) is 0 Å². The van der Waals surface area contributed by atoms with Gasteiger partial charge < -0.3 is 9.84 Å². The molecule has 0 radical (unpaired) electrons. The molecule has 0 saturated carbocycles. The Morgan fingerprint density at radius 1 is 1.53 bits per heavy atom. The summed E-state index contributed by atoms with van der Waals surface area (Å²) < 4.78 is 31.1. The van der Waals surface area contributed by atoms with Gasteiger partial charge in [0.1, 0.15) is 11.1 Å². The van der Waals surface area contributed by atoms with Gasteiger partial charge in [-0.15, -0.1) is 0 Å². The lowest BCUT2D eigenvalue weighted by atomic mass is 10.2. The third-order valence-electron chi connectivity index (χ3n) is 2.84. The zero-order chi connectivity index (χ0) is 14.2. The molecule has 1 unspecified atom stereocenters. The highest BCUT2D eigenvalue weighted by Crippen LogP contribution is 2.28. The molecule has 1 aromatic rings. The molecule has 2 rings (SSSR count). The summed E-state index contributed by atoms with van der Waals surface area (Å²) >= 11 is 5.87. The molecule has 1 saturated heterocycles. The van der Waals surface area contributed by atoms with E-state index < -0.39 is 22.2 Å². The first kappa shape index (κ1) is 14.3. The monoisotopic (exact) mass is 305 g/mol. The molecule has 1 aliphatic heterocycles. The zero-order valence-electron chi connectivity index (χ0n) is 10.0. The largest absolute Gasteiger partial charge is 0.478 e. The number of aromatic carboxylic acids is 1. The Morgan fingerprint density at radius 2 is 2.21 bits per heavy atom. The molecule has 1 atom stereocenters. The lowest BCUT2D eigenvalue weighted by Crippen LogP contribution is -2.34. The number of carbonyl (C=O) groups is 1. The average molecular weight is 306 g/mol. The fourth-order valence-corrected chi connectivity index (χ4v) is 3.87. The first-order valence-electron chi connectivity index (χ1n) is 5.50. The third kappa shape index (κ3) is 2.59. The number of halogens is 1. The first-order valence-corrected chi connectivity index (χ1v) is 7.32. The summed E-state index contributed by atoms with van der Waals surface area (Å²) in [5.41, 5.74) is -0.129. The summed E-state index contributed by atoms with van der Waals surface area (Å²) in [6.07, 6.45) is -0.588. The van der Waals surface area contributed by atoms with E-state index in [-0.39, 0.29) is 22.0 Å². The zero-order valence-corrected chi connectivity index (χ0v) is 11.6. The van der Waals surface area contributed by atoms with Crippen LogP contribution in [0.3, 0.4) is 0 Å². The molecule has 1 heterocycles. The Morgan fingerprint density at radius 3 is 2.74 bits per heavy atom. The predicted molar refractivity (Wildman–Crippen MR) is 67.7 cm³/mol. The van der Waals surface area contributed by atoms with E-state index in [1.165, 1.54) is 12.1 Å². The maximum atomic E-state index is 12.4. The van der Waals surface area contributed by atoms with E-state index in [1.807, 2.05) is 0 Å². The maximum Gasteiger partial charge on any atom is 0.335 e. The molecule has 1 fully saturated rings. The Balaban J connectivity index is 2.51. The Bertz CT molecular complexity index is 616. The molecule has 1 aliphatic rings. The smallest absolute Gasteiger partial charge is 0.335 e. The molecule has 6 nitrogen and oxygen atoms in total. The normalized spacial score (nSPS) is 20.6. The highest BCUT2D eigenvalue weighted by atomic mass is 35.5. The van der Waals surface area contributed by atoms with Crippen LogP contribution < -0.4 is 0 Å². The molecule has 1 N–H and O–H groups in total. The molecule has 0 aliphatic carbocycles. The number of nitrogens with zero attached hydrogens (tertiary/aromatic N) is 1. The molecular weight excluding hydrogens is 294 g/mol. The van der Waals surface area contributed by atoms with Crippen molar-refractivity contribution >= 4 is 27.6 Å². The summed E-state index contributed by atoms with van der Waals surface area (Å²) in [6.45, 7) is 2.13. The number of carboxylic acid groups (broad SMARTS) is 1. The third-order valence-corrected chi connectivity index (χ3v) is 5.27. The number of hydrogen-bond acceptors (Lipinski definition) is 4. The molecule has 8 heteroatoms. The summed E-state index contributed by atoms with van der Waals surface area (Å²) in [6, 6.07) is 3.58. The van der Waals surface area contributed by atoms with Gasteiger partial charge in [0.15, 0.2) is 0 Å². The minimum atomic E-state index is -3.86. The number of carboxylic acids is 1. The van der Waals surface area contributed by atoms with Crippen molar-refractivity contribution in [1.82, 2.24) is 4.31 Å². The van der Waals surface area contributed by atoms with Crippen LogP contribution in [0, 0.1) is 0 Å². The van der Waals surface area contributed by atoms with Crippen LogP contribution in [0.5, 0.6) is 0 Å². The van der Waals surface area contributed by atoms with Crippen molar-refractivity contribution in [2.75, 3.05) is 13.2 Å². The van der Waals surface area contributed by atoms with Crippen molar-refractivity contribution in [2.45, 2.75) is 18.0 Å². The maximum absolute atomic E-state index is 12.4. The van der Waals surface area contributed by atoms with E-state index in [0.29, 0.717) is 6.61 Å². The van der Waals surface area contributed by atoms with Crippen LogP contribution in [-0.2, 0) is 14.8 Å². The van der Waals surface area contributed by atoms with Crippen LogP contribution in [0.15, 0.2) is 23.1 Å². The highest BCUT2D eigenvalue weighted by Gasteiger charge is 2.35. The van der Waals surface area contributed by atoms with Gasteiger partial charge in [0.25, 0.3) is 0 Å². The summed E-state index contributed by atoms with van der Waals surface area (Å²) in [7, 11) is -3.86. The van der Waals surface area contributed by atoms with Crippen LogP contribution in [0.1, 0.15) is 17.3 Å². The fraction of sp³-hybridized carbons (Fsp3) is 0.364. The second-order valence-electron chi connectivity index (χ2n) is 4.04. The van der Waals surface area contributed by atoms with Gasteiger partial charge in [-0.25, -0.2) is 13.2 Å². The van der Waals surface area contributed by atoms with Crippen molar-refractivity contribution in [2.24, 2.45) is 0 Å². The predicted octanol–water partition coefficient (Wildman–Crippen LogP) is 1.41. The van der Waals surface area contributed by atoms with E-state index in [4.69, 9.17) is 21.4 Å². The molecule has 0 bridgehead atoms. The standard InChI is InChI=1S/C11H12ClNO5S/c1-7-13(4-5-18-7)19(16,17)10-6-8(11(14)15)2-3-9(10)12/h2-3,6-7H,4-5H2,1H3,(H,14,15). The van der Waals surface area contributed by atoms with Crippen LogP contribution in [0.2, 0.25) is 5.02 Å². The fourth-order valence-electron chi connectivity index (χ4n) is 1.85. The van der Waals surface area contributed by atoms with Gasteiger partial charge in [0, 0.05) is 6.54 Å². The number of benzene rings is 1. The Kier molecular flexibility index (Phi) is 3.82. The van der Waals surface area contributed by atoms with Gasteiger partial charge in [-0.1, -0.05) is 11.6 Å². The van der Waals surface area contributed by atoms with Crippen molar-refractivity contribution in [3.8, 4) is 0 Å². The number of hydrogen-bond donors (Lipinski definition) is 1. The first-order chi connectivity index (χ1) is 8.84. The summed E-state index contributed by atoms with van der Waals surface area (Å²) in [4.78, 5) is 10.7. The van der Waals surface area contributed by atoms with Gasteiger partial charge in [-0.3, -0.25) is 0 Å². The minimum Gasteiger partial charge on any atom is -0.478 e. The van der Waals surface area contributed by atoms with Gasteiger partial charge >= 0.3 is 5.97 Å². The SMILES string of the molecule is CC1OCCN1S(=O)(=O)c1cc(C(=O)O)ccc1Cl. The Hall–Kier alpha value is -1.15. The second-order valence-corrected chi connectivity index (χ2v) is 6.30. The molecule has 19 heavy (non-hydrogen) atoms. The number of sulfonamides is 1. The molecular formula is C11H12ClNO5S. The van der Waals surface area contributed by atoms with Crippen LogP contribution in [-0.4, -0.2) is 43.2 Å². The molecule has 104 valence electrons. The molecule has 0 aromatic heterocycles. The second kappa shape index (κ2) is 5.09. The van der Waals surface area contributed by atoms with E-state index in [1.54, 1.807) is 6.92 Å². The molecule has 0 amide bonds. The molecule has 1 aromatic carbocycles. The van der Waals surface area contributed by atoms with Gasteiger partial charge in [-0.2, -0.15) is 4.31 Å². The quantitative estimate of drug-likeness (QED) is 0.912. The lowest BCUT2D eigenvalue weighted by Gasteiger charge is -2.20. The highest BCUT2D eigenvalue weighted by molar-refractivity contribution is 7.89. The van der Waals surface area contributed by atoms with Crippen LogP contribution in [0.25, 0.3) is 0 Å². The van der Waals surface area contributed by atoms with E-state index >= 15 is 0 Å². The van der Waals surface area contributed by atoms with Gasteiger partial charge in [-0.05, 0) is 25.1 Å². The van der Waals surface area contributed by atoms with E-state index in [2.05, 4.69) is 0 Å². The number of ether oxygens (including phenoxy) is 1. The van der Waals surface area contributed by atoms with E-state index in [9.17, 15) is 13.2 Å². The Labute approximate surface area is 115 Å². The molecule has 0 spiro atoms. The lowest BCUT2D eigenvalue weighted by molar-refractivity contribution is 0.0696. The van der Waals surface area contributed by atoms with Crippen molar-refractivity contribution in [3.05, 3.63) is 28.8 Å². The topological polar surface area (TPSA) is 83.9 Å². The van der Waals surface area contributed by atoms with Gasteiger partial charge in [0.05, 0.1) is 17.2 Å². The number of rotatable bonds is 3. The summed E-state index contributed by atoms with van der Waals surface area (Å²) in [5.74, 6) is -1.21. The average Bonchev–Trinajstić information content (AvgIpc) is 2.76.